The molecular formula is C27H21Cl2N7O2. The van der Waals surface area contributed by atoms with Crippen LogP contribution < -0.4 is 5.32 Å². The second-order valence-electron chi connectivity index (χ2n) is 9.02. The minimum Gasteiger partial charge on any atom is -0.453 e. The zero-order valence-electron chi connectivity index (χ0n) is 20.2. The van der Waals surface area contributed by atoms with Crippen LogP contribution in [0.15, 0.2) is 71.2 Å². The van der Waals surface area contributed by atoms with Gasteiger partial charge < -0.3 is 4.74 Å². The Bertz CT molecular complexity index is 1600. The van der Waals surface area contributed by atoms with Crippen molar-refractivity contribution in [2.75, 3.05) is 12.4 Å². The predicted molar refractivity (Wildman–Crippen MR) is 146 cm³/mol. The zero-order chi connectivity index (χ0) is 26.2. The number of tetrazole rings is 1. The molecular weight excluding hydrogens is 525 g/mol. The molecule has 2 aromatic carbocycles. The minimum absolute atomic E-state index is 0.101. The molecule has 0 fully saturated rings. The number of benzene rings is 2. The van der Waals surface area contributed by atoms with Crippen molar-refractivity contribution in [1.29, 1.82) is 0 Å². The number of aryl methyl sites for hydroxylation is 1. The average Bonchev–Trinajstić information content (AvgIpc) is 3.69. The van der Waals surface area contributed by atoms with Crippen molar-refractivity contribution >= 4 is 46.3 Å². The number of methoxy groups -OCH3 is 1. The Morgan fingerprint density at radius 3 is 2.71 bits per heavy atom. The molecule has 0 saturated heterocycles. The Kier molecular flexibility index (Phi) is 6.39. The van der Waals surface area contributed by atoms with Crippen molar-refractivity contribution in [2.24, 2.45) is 4.99 Å². The minimum atomic E-state index is -0.515. The maximum absolute atomic E-state index is 11.4. The number of fused-ring (bicyclic) bond motifs is 1. The van der Waals surface area contributed by atoms with Crippen LogP contribution in [0.25, 0.3) is 22.4 Å². The topological polar surface area (TPSA) is 107 Å². The molecule has 1 amide bonds. The maximum atomic E-state index is 11.4. The molecule has 1 atom stereocenters. The van der Waals surface area contributed by atoms with Crippen molar-refractivity contribution in [3.05, 3.63) is 88.1 Å². The highest BCUT2D eigenvalue weighted by molar-refractivity contribution is 6.35. The quantitative estimate of drug-likeness (QED) is 0.306. The summed E-state index contributed by atoms with van der Waals surface area (Å²) in [7, 11) is 1.33. The molecule has 6 rings (SSSR count). The Hall–Kier alpha value is -4.08. The summed E-state index contributed by atoms with van der Waals surface area (Å²) in [4.78, 5) is 21.1. The monoisotopic (exact) mass is 545 g/mol. The number of anilines is 1. The fourth-order valence-corrected chi connectivity index (χ4v) is 5.44. The lowest BCUT2D eigenvalue weighted by Gasteiger charge is -2.14. The van der Waals surface area contributed by atoms with Crippen LogP contribution in [-0.4, -0.2) is 44.1 Å². The Labute approximate surface area is 228 Å². The number of amides is 1. The lowest BCUT2D eigenvalue weighted by molar-refractivity contribution is 0.187. The number of hydrogen-bond acceptors (Lipinski definition) is 7. The summed E-state index contributed by atoms with van der Waals surface area (Å²) in [6.07, 6.45) is 5.36. The molecule has 1 unspecified atom stereocenters. The first-order valence-corrected chi connectivity index (χ1v) is 12.7. The summed E-state index contributed by atoms with van der Waals surface area (Å²) in [6, 6.07) is 15.2. The van der Waals surface area contributed by atoms with Crippen LogP contribution in [0.5, 0.6) is 0 Å². The van der Waals surface area contributed by atoms with Crippen LogP contribution in [0, 0.1) is 0 Å². The Morgan fingerprint density at radius 1 is 1.11 bits per heavy atom. The SMILES string of the molecule is COC(=O)Nc1ccc(C2=C(Cl)N=C(C3CCc4cc(-c5cc(Cl)ccc5-n5cnnn5)cnc43)C2)cc1. The number of aliphatic imine (C=N–C) groups is 1. The summed E-state index contributed by atoms with van der Waals surface area (Å²) in [5.74, 6) is 0.101. The van der Waals surface area contributed by atoms with Crippen molar-refractivity contribution in [1.82, 2.24) is 25.2 Å². The number of allylic oxidation sites excluding steroid dienone is 1. The van der Waals surface area contributed by atoms with Gasteiger partial charge in [0.1, 0.15) is 11.5 Å². The molecule has 0 bridgehead atoms. The smallest absolute Gasteiger partial charge is 0.411 e. The molecule has 190 valence electrons. The fourth-order valence-electron chi connectivity index (χ4n) is 4.99. The number of carbonyl (C=O) groups is 1. The highest BCUT2D eigenvalue weighted by Crippen LogP contribution is 2.42. The summed E-state index contributed by atoms with van der Waals surface area (Å²) in [6.45, 7) is 0. The summed E-state index contributed by atoms with van der Waals surface area (Å²) >= 11 is 12.9. The largest absolute Gasteiger partial charge is 0.453 e. The highest BCUT2D eigenvalue weighted by Gasteiger charge is 2.32. The van der Waals surface area contributed by atoms with Crippen LogP contribution in [0.4, 0.5) is 10.5 Å². The molecule has 2 aromatic heterocycles. The summed E-state index contributed by atoms with van der Waals surface area (Å²) in [5.41, 5.74) is 8.46. The molecule has 9 nitrogen and oxygen atoms in total. The molecule has 0 saturated carbocycles. The van der Waals surface area contributed by atoms with Gasteiger partial charge in [0.2, 0.25) is 0 Å². The lowest BCUT2D eigenvalue weighted by Crippen LogP contribution is -2.11. The van der Waals surface area contributed by atoms with Crippen LogP contribution in [0.2, 0.25) is 5.02 Å². The molecule has 11 heteroatoms. The maximum Gasteiger partial charge on any atom is 0.411 e. The third-order valence-electron chi connectivity index (χ3n) is 6.82. The number of carbonyl (C=O) groups excluding carboxylic acids is 1. The Morgan fingerprint density at radius 2 is 1.95 bits per heavy atom. The van der Waals surface area contributed by atoms with E-state index in [1.165, 1.54) is 12.7 Å². The second-order valence-corrected chi connectivity index (χ2v) is 9.81. The van der Waals surface area contributed by atoms with Crippen molar-refractivity contribution < 1.29 is 9.53 Å². The molecule has 1 aliphatic heterocycles. The van der Waals surface area contributed by atoms with Gasteiger partial charge in [-0.3, -0.25) is 10.3 Å². The van der Waals surface area contributed by atoms with Crippen molar-refractivity contribution in [2.45, 2.75) is 25.2 Å². The standard InChI is InChI=1S/C27H21Cl2N7O2/c1-38-27(37)32-19-6-2-15(3-7-19)22-12-23(33-26(22)29)20-8-4-16-10-17(13-30-25(16)20)21-11-18(28)5-9-24(21)36-14-31-34-35-36/h2-3,5-7,9-11,13-14,20H,4,8,12H2,1H3,(H,32,37). The van der Waals surface area contributed by atoms with Crippen LogP contribution in [0.1, 0.15) is 35.6 Å². The normalized spacial score (nSPS) is 16.4. The van der Waals surface area contributed by atoms with E-state index in [9.17, 15) is 4.79 Å². The van der Waals surface area contributed by atoms with Gasteiger partial charge in [0.05, 0.1) is 18.5 Å². The van der Waals surface area contributed by atoms with Gasteiger partial charge in [-0.05, 0) is 70.8 Å². The third-order valence-corrected chi connectivity index (χ3v) is 7.36. The van der Waals surface area contributed by atoms with E-state index in [2.05, 4.69) is 31.6 Å². The first-order valence-electron chi connectivity index (χ1n) is 11.9. The molecule has 0 radical (unpaired) electrons. The van der Waals surface area contributed by atoms with Crippen LogP contribution in [0.3, 0.4) is 0 Å². The zero-order valence-corrected chi connectivity index (χ0v) is 21.7. The van der Waals surface area contributed by atoms with Gasteiger partial charge >= 0.3 is 6.09 Å². The number of nitrogens with one attached hydrogen (secondary N) is 1. The lowest BCUT2D eigenvalue weighted by atomic mass is 9.93. The molecule has 4 aromatic rings. The van der Waals surface area contributed by atoms with Gasteiger partial charge in [0, 0.05) is 51.7 Å². The number of aromatic nitrogens is 5. The number of ether oxygens (including phenoxy) is 1. The van der Waals surface area contributed by atoms with Crippen molar-refractivity contribution in [3.8, 4) is 16.8 Å². The summed E-state index contributed by atoms with van der Waals surface area (Å²) in [5, 5.41) is 15.3. The molecule has 38 heavy (non-hydrogen) atoms. The predicted octanol–water partition coefficient (Wildman–Crippen LogP) is 6.04. The second kappa shape index (κ2) is 10.00. The van der Waals surface area contributed by atoms with Crippen LogP contribution in [-0.2, 0) is 11.2 Å². The number of hydrogen-bond donors (Lipinski definition) is 1. The molecule has 2 aliphatic rings. The fraction of sp³-hybridized carbons (Fsp3) is 0.185. The van der Waals surface area contributed by atoms with Gasteiger partial charge in [-0.2, -0.15) is 4.68 Å². The number of halogens is 2. The van der Waals surface area contributed by atoms with E-state index in [0.29, 0.717) is 22.3 Å². The number of nitrogens with zero attached hydrogens (tertiary/aromatic N) is 6. The van der Waals surface area contributed by atoms with Crippen LogP contribution >= 0.6 is 23.2 Å². The molecule has 1 aliphatic carbocycles. The van der Waals surface area contributed by atoms with Gasteiger partial charge in [-0.25, -0.2) is 9.79 Å². The summed E-state index contributed by atoms with van der Waals surface area (Å²) < 4.78 is 6.26. The van der Waals surface area contributed by atoms with E-state index in [0.717, 1.165) is 52.2 Å². The molecule has 3 heterocycles. The van der Waals surface area contributed by atoms with Gasteiger partial charge in [0.15, 0.2) is 0 Å². The Balaban J connectivity index is 1.23. The first kappa shape index (κ1) is 24.3. The van der Waals surface area contributed by atoms with Gasteiger partial charge in [-0.15, -0.1) is 5.10 Å². The highest BCUT2D eigenvalue weighted by atomic mass is 35.5. The van der Waals surface area contributed by atoms with E-state index in [4.69, 9.17) is 33.2 Å². The first-order chi connectivity index (χ1) is 18.5. The van der Waals surface area contributed by atoms with Gasteiger partial charge in [0.25, 0.3) is 0 Å². The van der Waals surface area contributed by atoms with E-state index in [-0.39, 0.29) is 5.92 Å². The van der Waals surface area contributed by atoms with E-state index < -0.39 is 6.09 Å². The van der Waals surface area contributed by atoms with E-state index in [1.54, 1.807) is 11.0 Å². The third kappa shape index (κ3) is 4.55. The van der Waals surface area contributed by atoms with E-state index >= 15 is 0 Å². The number of pyridine rings is 1. The average molecular weight is 546 g/mol. The number of rotatable bonds is 5. The van der Waals surface area contributed by atoms with Crippen molar-refractivity contribution in [3.63, 3.8) is 0 Å². The van der Waals surface area contributed by atoms with Gasteiger partial charge in [-0.1, -0.05) is 35.3 Å². The molecule has 0 spiro atoms. The van der Waals surface area contributed by atoms with E-state index in [1.807, 2.05) is 48.7 Å². The molecule has 1 N–H and O–H groups in total.